The molecule has 2 aromatic carbocycles. The molecule has 0 spiro atoms. The van der Waals surface area contributed by atoms with Crippen LogP contribution in [0.4, 0.5) is 11.5 Å². The minimum atomic E-state index is -0.475. The largest absolute Gasteiger partial charge is 0.481 e. The van der Waals surface area contributed by atoms with E-state index >= 15 is 0 Å². The van der Waals surface area contributed by atoms with Gasteiger partial charge in [0.15, 0.2) is 5.65 Å². The Hall–Kier alpha value is -3.89. The third-order valence-corrected chi connectivity index (χ3v) is 9.64. The molecule has 4 heterocycles. The Labute approximate surface area is 297 Å². The fraction of sp³-hybridized carbons (Fsp3) is 0.314. The van der Waals surface area contributed by atoms with Crippen molar-refractivity contribution in [1.29, 1.82) is 0 Å². The number of hydrogen-bond acceptors (Lipinski definition) is 9. The molecule has 248 valence electrons. The van der Waals surface area contributed by atoms with Crippen molar-refractivity contribution in [1.82, 2.24) is 29.4 Å². The first kappa shape index (κ1) is 34.0. The molecule has 0 radical (unpaired) electrons. The van der Waals surface area contributed by atoms with Crippen LogP contribution in [0.5, 0.6) is 5.88 Å². The first-order chi connectivity index (χ1) is 22.8. The fourth-order valence-electron chi connectivity index (χ4n) is 6.69. The number of rotatable bonds is 7. The van der Waals surface area contributed by atoms with Gasteiger partial charge in [-0.05, 0) is 55.0 Å². The standard InChI is InChI=1S/C35H35ClN7O4.Mo/c1-19-22(7-6-10-25(19)40-31-29-32(38-18-37-31)42(2)35(45)43(3)34(29)44)23-8-5-9-24(30(23)36)27-17-20-11-12-26(28(20)33(41-27)46-4)39-21-13-15-47-16-14-21;/h5-10,13,17-18,21,26,39H,11-12,14-16H2,1-4H3,(H,37,38,40);/q-1;. The smallest absolute Gasteiger partial charge is 0.332 e. The van der Waals surface area contributed by atoms with Crippen LogP contribution in [0.1, 0.15) is 35.6 Å². The summed E-state index contributed by atoms with van der Waals surface area (Å²) >= 11 is 7.19. The third kappa shape index (κ3) is 5.98. The maximum Gasteiger partial charge on any atom is 0.332 e. The van der Waals surface area contributed by atoms with Crippen LogP contribution in [-0.2, 0) is 46.3 Å². The van der Waals surface area contributed by atoms with Crippen LogP contribution >= 0.6 is 11.6 Å². The molecule has 13 heteroatoms. The van der Waals surface area contributed by atoms with Gasteiger partial charge in [-0.3, -0.25) is 20.3 Å². The zero-order valence-electron chi connectivity index (χ0n) is 27.0. The Bertz CT molecular complexity index is 2150. The van der Waals surface area contributed by atoms with Gasteiger partial charge in [-0.25, -0.2) is 19.7 Å². The summed E-state index contributed by atoms with van der Waals surface area (Å²) in [5, 5.41) is 7.88. The first-order valence-corrected chi connectivity index (χ1v) is 16.0. The minimum Gasteiger partial charge on any atom is -0.481 e. The van der Waals surface area contributed by atoms with Crippen molar-refractivity contribution in [2.45, 2.75) is 38.3 Å². The number of fused-ring (bicyclic) bond motifs is 2. The summed E-state index contributed by atoms with van der Waals surface area (Å²) < 4.78 is 13.7. The molecule has 0 amide bonds. The molecule has 2 atom stereocenters. The van der Waals surface area contributed by atoms with Crippen LogP contribution < -0.4 is 26.6 Å². The van der Waals surface area contributed by atoms with Crippen molar-refractivity contribution in [3.8, 4) is 28.3 Å². The molecule has 0 bridgehead atoms. The Morgan fingerprint density at radius 1 is 1.04 bits per heavy atom. The van der Waals surface area contributed by atoms with Crippen LogP contribution in [0, 0.1) is 13.3 Å². The predicted octanol–water partition coefficient (Wildman–Crippen LogP) is 5.04. The molecule has 48 heavy (non-hydrogen) atoms. The maximum absolute atomic E-state index is 13.1. The zero-order chi connectivity index (χ0) is 32.8. The van der Waals surface area contributed by atoms with Crippen molar-refractivity contribution < 1.29 is 30.5 Å². The summed E-state index contributed by atoms with van der Waals surface area (Å²) in [7, 11) is 4.68. The van der Waals surface area contributed by atoms with Gasteiger partial charge in [0.1, 0.15) is 17.5 Å². The number of aryl methyl sites for hydroxylation is 2. The fourth-order valence-corrected chi connectivity index (χ4v) is 7.02. The van der Waals surface area contributed by atoms with Crippen LogP contribution in [0.2, 0.25) is 5.02 Å². The molecule has 5 aromatic rings. The Morgan fingerprint density at radius 3 is 2.58 bits per heavy atom. The van der Waals surface area contributed by atoms with Crippen molar-refractivity contribution in [3.05, 3.63) is 97.8 Å². The number of pyridine rings is 1. The van der Waals surface area contributed by atoms with Gasteiger partial charge in [0, 0.05) is 70.2 Å². The summed E-state index contributed by atoms with van der Waals surface area (Å²) in [6, 6.07) is 14.4. The number of benzene rings is 2. The number of methoxy groups -OCH3 is 1. The molecule has 2 unspecified atom stereocenters. The number of anilines is 2. The quantitative estimate of drug-likeness (QED) is 0.174. The van der Waals surface area contributed by atoms with E-state index < -0.39 is 11.2 Å². The van der Waals surface area contributed by atoms with Gasteiger partial charge in [-0.1, -0.05) is 48.5 Å². The van der Waals surface area contributed by atoms with E-state index in [4.69, 9.17) is 26.1 Å². The summed E-state index contributed by atoms with van der Waals surface area (Å²) in [6.07, 6.45) is 6.36. The second-order valence-corrected chi connectivity index (χ2v) is 12.3. The van der Waals surface area contributed by atoms with Crippen molar-refractivity contribution in [3.63, 3.8) is 0 Å². The Kier molecular flexibility index (Phi) is 9.85. The van der Waals surface area contributed by atoms with E-state index in [0.29, 0.717) is 29.4 Å². The second kappa shape index (κ2) is 13.9. The summed E-state index contributed by atoms with van der Waals surface area (Å²) in [5.41, 5.74) is 6.59. The summed E-state index contributed by atoms with van der Waals surface area (Å²) in [6.45, 7) is 3.41. The van der Waals surface area contributed by atoms with Crippen molar-refractivity contribution in [2.24, 2.45) is 14.1 Å². The van der Waals surface area contributed by atoms with E-state index in [-0.39, 0.29) is 38.1 Å². The Morgan fingerprint density at radius 2 is 1.81 bits per heavy atom. The van der Waals surface area contributed by atoms with Gasteiger partial charge >= 0.3 is 5.69 Å². The molecule has 0 saturated carbocycles. The van der Waals surface area contributed by atoms with Crippen molar-refractivity contribution in [2.75, 3.05) is 25.6 Å². The number of hydrogen-bond donors (Lipinski definition) is 2. The van der Waals surface area contributed by atoms with E-state index in [2.05, 4.69) is 33.1 Å². The molecule has 1 aliphatic heterocycles. The van der Waals surface area contributed by atoms with Crippen LogP contribution in [0.15, 0.2) is 58.4 Å². The number of nitrogens with one attached hydrogen (secondary N) is 2. The SMILES string of the molecule is COc1nc(-c2cccc(-c3cccc(Nc4ncnc5c4c(=O)n(C)c(=O)n5C)c3C)c2Cl)cc2c1C(NC1[CH-]COCC1)CC2.[Mo]. The molecule has 2 N–H and O–H groups in total. The predicted molar refractivity (Wildman–Crippen MR) is 182 cm³/mol. The Balaban J connectivity index is 0.00000401. The molecule has 1 aliphatic carbocycles. The van der Waals surface area contributed by atoms with E-state index in [9.17, 15) is 9.59 Å². The van der Waals surface area contributed by atoms with Gasteiger partial charge in [0.2, 0.25) is 5.88 Å². The number of nitrogens with zero attached hydrogens (tertiary/aromatic N) is 5. The van der Waals surface area contributed by atoms with E-state index in [1.807, 2.05) is 43.3 Å². The summed E-state index contributed by atoms with van der Waals surface area (Å²) in [5.74, 6) is 0.923. The molecule has 2 aliphatic rings. The molecule has 11 nitrogen and oxygen atoms in total. The van der Waals surface area contributed by atoms with Gasteiger partial charge in [0.25, 0.3) is 5.56 Å². The average molecular weight is 749 g/mol. The molecular formula is C35H35ClMoN7O4-. The van der Waals surface area contributed by atoms with E-state index in [0.717, 1.165) is 69.6 Å². The molecule has 7 rings (SSSR count). The molecule has 1 saturated heterocycles. The number of aromatic nitrogens is 5. The van der Waals surface area contributed by atoms with E-state index in [1.165, 1.54) is 23.5 Å². The molecule has 1 fully saturated rings. The molecule has 3 aromatic heterocycles. The normalized spacial score (nSPS) is 17.2. The van der Waals surface area contributed by atoms with Crippen LogP contribution in [0.3, 0.4) is 0 Å². The topological polar surface area (TPSA) is 125 Å². The number of halogens is 1. The van der Waals surface area contributed by atoms with Gasteiger partial charge in [0.05, 0.1) is 17.8 Å². The van der Waals surface area contributed by atoms with Gasteiger partial charge < -0.3 is 20.1 Å². The van der Waals surface area contributed by atoms with Gasteiger partial charge in [-0.15, -0.1) is 6.04 Å². The zero-order valence-corrected chi connectivity index (χ0v) is 29.8. The first-order valence-electron chi connectivity index (χ1n) is 15.6. The monoisotopic (exact) mass is 750 g/mol. The maximum atomic E-state index is 13.1. The van der Waals surface area contributed by atoms with Crippen molar-refractivity contribution >= 4 is 34.1 Å². The minimum absolute atomic E-state index is 0. The molecular weight excluding hydrogens is 714 g/mol. The van der Waals surface area contributed by atoms with E-state index in [1.54, 1.807) is 14.2 Å². The van der Waals surface area contributed by atoms with Crippen LogP contribution in [0.25, 0.3) is 33.4 Å². The second-order valence-electron chi connectivity index (χ2n) is 12.0. The number of ether oxygens (including phenoxy) is 2. The van der Waals surface area contributed by atoms with Gasteiger partial charge in [-0.2, -0.15) is 0 Å². The average Bonchev–Trinajstić information content (AvgIpc) is 3.50. The third-order valence-electron chi connectivity index (χ3n) is 9.23. The van der Waals surface area contributed by atoms with Crippen LogP contribution in [-0.4, -0.2) is 50.5 Å². The summed E-state index contributed by atoms with van der Waals surface area (Å²) in [4.78, 5) is 39.1.